The number of fused-ring (bicyclic) bond motifs is 1. The van der Waals surface area contributed by atoms with Crippen LogP contribution < -0.4 is 4.74 Å². The Morgan fingerprint density at radius 2 is 1.88 bits per heavy atom. The zero-order valence-electron chi connectivity index (χ0n) is 12.2. The Morgan fingerprint density at radius 1 is 1.17 bits per heavy atom. The third-order valence-electron chi connectivity index (χ3n) is 3.53. The zero-order valence-corrected chi connectivity index (χ0v) is 13.0. The van der Waals surface area contributed by atoms with Crippen LogP contribution >= 0.6 is 0 Å². The van der Waals surface area contributed by atoms with Crippen molar-refractivity contribution in [3.8, 4) is 5.75 Å². The van der Waals surface area contributed by atoms with Gasteiger partial charge in [0.2, 0.25) is 10.0 Å². The van der Waals surface area contributed by atoms with Crippen molar-refractivity contribution in [2.24, 2.45) is 0 Å². The van der Waals surface area contributed by atoms with Gasteiger partial charge in [-0.3, -0.25) is 0 Å². The Morgan fingerprint density at radius 3 is 2.54 bits per heavy atom. The topological polar surface area (TPSA) is 72.4 Å². The van der Waals surface area contributed by atoms with E-state index in [4.69, 9.17) is 0 Å². The standard InChI is InChI=1S/C14H12F3N3O3S/c15-14(16,17)23-11-1-3-12(4-2-11)24(21,22)20-6-5-10-7-18-9-19-13(10)8-20/h1-4,7,9H,5-6,8H2. The highest BCUT2D eigenvalue weighted by Gasteiger charge is 2.32. The monoisotopic (exact) mass is 359 g/mol. The Labute approximate surface area is 136 Å². The molecule has 128 valence electrons. The lowest BCUT2D eigenvalue weighted by atomic mass is 10.1. The van der Waals surface area contributed by atoms with E-state index >= 15 is 0 Å². The number of alkyl halides is 3. The van der Waals surface area contributed by atoms with Crippen LogP contribution in [-0.4, -0.2) is 35.6 Å². The van der Waals surface area contributed by atoms with Gasteiger partial charge in [-0.1, -0.05) is 0 Å². The highest BCUT2D eigenvalue weighted by atomic mass is 32.2. The first-order valence-electron chi connectivity index (χ1n) is 6.89. The van der Waals surface area contributed by atoms with Crippen LogP contribution in [0.2, 0.25) is 0 Å². The maximum atomic E-state index is 12.6. The molecular formula is C14H12F3N3O3S. The summed E-state index contributed by atoms with van der Waals surface area (Å²) in [7, 11) is -3.83. The molecule has 0 amide bonds. The van der Waals surface area contributed by atoms with Gasteiger partial charge in [-0.15, -0.1) is 13.2 Å². The molecule has 0 spiro atoms. The molecule has 0 aliphatic carbocycles. The van der Waals surface area contributed by atoms with E-state index in [0.29, 0.717) is 12.1 Å². The summed E-state index contributed by atoms with van der Waals surface area (Å²) in [5.41, 5.74) is 1.51. The molecular weight excluding hydrogens is 347 g/mol. The first-order chi connectivity index (χ1) is 11.3. The third-order valence-corrected chi connectivity index (χ3v) is 5.39. The number of halogens is 3. The van der Waals surface area contributed by atoms with E-state index in [0.717, 1.165) is 29.8 Å². The van der Waals surface area contributed by atoms with Gasteiger partial charge in [0.05, 0.1) is 17.1 Å². The minimum Gasteiger partial charge on any atom is -0.406 e. The number of hydrogen-bond acceptors (Lipinski definition) is 5. The van der Waals surface area contributed by atoms with E-state index in [-0.39, 0.29) is 18.0 Å². The summed E-state index contributed by atoms with van der Waals surface area (Å²) in [6, 6.07) is 4.12. The van der Waals surface area contributed by atoms with Crippen molar-refractivity contribution in [2.45, 2.75) is 24.2 Å². The second-order valence-corrected chi connectivity index (χ2v) is 7.04. The Bertz CT molecular complexity index is 838. The molecule has 0 unspecified atom stereocenters. The van der Waals surface area contributed by atoms with E-state index < -0.39 is 22.1 Å². The molecule has 6 nitrogen and oxygen atoms in total. The van der Waals surface area contributed by atoms with Crippen LogP contribution in [0.1, 0.15) is 11.3 Å². The number of aromatic nitrogens is 2. The maximum absolute atomic E-state index is 12.6. The van der Waals surface area contributed by atoms with Gasteiger partial charge in [-0.2, -0.15) is 4.31 Å². The smallest absolute Gasteiger partial charge is 0.406 e. The van der Waals surface area contributed by atoms with Gasteiger partial charge in [-0.05, 0) is 36.2 Å². The fourth-order valence-corrected chi connectivity index (χ4v) is 3.80. The van der Waals surface area contributed by atoms with Crippen molar-refractivity contribution >= 4 is 10.0 Å². The lowest BCUT2D eigenvalue weighted by molar-refractivity contribution is -0.274. The molecule has 3 rings (SSSR count). The van der Waals surface area contributed by atoms with E-state index in [1.54, 1.807) is 6.20 Å². The number of ether oxygens (including phenoxy) is 1. The van der Waals surface area contributed by atoms with Crippen molar-refractivity contribution in [3.63, 3.8) is 0 Å². The van der Waals surface area contributed by atoms with Gasteiger partial charge in [0.15, 0.2) is 0 Å². The Balaban J connectivity index is 1.81. The van der Waals surface area contributed by atoms with Crippen LogP contribution in [0.5, 0.6) is 5.75 Å². The van der Waals surface area contributed by atoms with Crippen LogP contribution in [0.25, 0.3) is 0 Å². The summed E-state index contributed by atoms with van der Waals surface area (Å²) in [6.07, 6.45) is -1.35. The number of sulfonamides is 1. The number of benzene rings is 1. The van der Waals surface area contributed by atoms with Crippen LogP contribution in [0.3, 0.4) is 0 Å². The summed E-state index contributed by atoms with van der Waals surface area (Å²) >= 11 is 0. The van der Waals surface area contributed by atoms with E-state index in [9.17, 15) is 21.6 Å². The molecule has 10 heteroatoms. The first kappa shape index (κ1) is 16.7. The molecule has 2 heterocycles. The van der Waals surface area contributed by atoms with Crippen molar-refractivity contribution in [1.29, 1.82) is 0 Å². The molecule has 24 heavy (non-hydrogen) atoms. The largest absolute Gasteiger partial charge is 0.573 e. The van der Waals surface area contributed by atoms with E-state index in [1.165, 1.54) is 10.6 Å². The van der Waals surface area contributed by atoms with Gasteiger partial charge in [0.25, 0.3) is 0 Å². The quantitative estimate of drug-likeness (QED) is 0.839. The summed E-state index contributed by atoms with van der Waals surface area (Å²) in [6.45, 7) is 0.352. The van der Waals surface area contributed by atoms with Crippen molar-refractivity contribution in [2.75, 3.05) is 6.54 Å². The van der Waals surface area contributed by atoms with Crippen LogP contribution in [0, 0.1) is 0 Å². The predicted octanol–water partition coefficient (Wildman–Crippen LogP) is 2.12. The molecule has 0 N–H and O–H groups in total. The fourth-order valence-electron chi connectivity index (χ4n) is 2.39. The summed E-state index contributed by atoms with van der Waals surface area (Å²) in [4.78, 5) is 7.86. The summed E-state index contributed by atoms with van der Waals surface area (Å²) in [5.74, 6) is -0.474. The zero-order chi connectivity index (χ0) is 17.4. The number of nitrogens with zero attached hydrogens (tertiary/aromatic N) is 3. The SMILES string of the molecule is O=S(=O)(c1ccc(OC(F)(F)F)cc1)N1CCc2cncnc2C1. The lowest BCUT2D eigenvalue weighted by Gasteiger charge is -2.27. The minimum absolute atomic E-state index is 0.0982. The van der Waals surface area contributed by atoms with Crippen LogP contribution in [0.4, 0.5) is 13.2 Å². The highest BCUT2D eigenvalue weighted by Crippen LogP contribution is 2.27. The second kappa shape index (κ2) is 6.02. The lowest BCUT2D eigenvalue weighted by Crippen LogP contribution is -2.36. The van der Waals surface area contributed by atoms with Crippen molar-refractivity contribution in [1.82, 2.24) is 14.3 Å². The van der Waals surface area contributed by atoms with E-state index in [1.807, 2.05) is 0 Å². The molecule has 2 aromatic rings. The summed E-state index contributed by atoms with van der Waals surface area (Å²) in [5, 5.41) is 0. The molecule has 0 radical (unpaired) electrons. The van der Waals surface area contributed by atoms with E-state index in [2.05, 4.69) is 14.7 Å². The molecule has 1 aliphatic heterocycles. The van der Waals surface area contributed by atoms with Gasteiger partial charge in [0.1, 0.15) is 12.1 Å². The molecule has 0 fully saturated rings. The highest BCUT2D eigenvalue weighted by molar-refractivity contribution is 7.89. The fraction of sp³-hybridized carbons (Fsp3) is 0.286. The molecule has 0 atom stereocenters. The van der Waals surface area contributed by atoms with Gasteiger partial charge in [-0.25, -0.2) is 18.4 Å². The average molecular weight is 359 g/mol. The average Bonchev–Trinajstić information content (AvgIpc) is 2.53. The number of hydrogen-bond donors (Lipinski definition) is 0. The van der Waals surface area contributed by atoms with Crippen LogP contribution in [0.15, 0.2) is 41.7 Å². The molecule has 0 bridgehead atoms. The van der Waals surface area contributed by atoms with Crippen LogP contribution in [-0.2, 0) is 23.0 Å². The maximum Gasteiger partial charge on any atom is 0.573 e. The van der Waals surface area contributed by atoms with Crippen molar-refractivity contribution in [3.05, 3.63) is 48.0 Å². The third kappa shape index (κ3) is 3.49. The van der Waals surface area contributed by atoms with Crippen molar-refractivity contribution < 1.29 is 26.3 Å². The second-order valence-electron chi connectivity index (χ2n) is 5.10. The number of rotatable bonds is 3. The minimum atomic E-state index is -4.82. The normalized spacial score (nSPS) is 15.8. The van der Waals surface area contributed by atoms with Gasteiger partial charge in [0, 0.05) is 12.7 Å². The summed E-state index contributed by atoms with van der Waals surface area (Å²) < 4.78 is 66.6. The van der Waals surface area contributed by atoms with Gasteiger partial charge < -0.3 is 4.74 Å². The molecule has 0 saturated heterocycles. The Kier molecular flexibility index (Phi) is 4.18. The van der Waals surface area contributed by atoms with Gasteiger partial charge >= 0.3 is 6.36 Å². The Hall–Kier alpha value is -2.20. The predicted molar refractivity (Wildman–Crippen MR) is 76.5 cm³/mol. The molecule has 1 aliphatic rings. The molecule has 0 saturated carbocycles. The molecule has 1 aromatic carbocycles. The first-order valence-corrected chi connectivity index (χ1v) is 8.33. The molecule has 1 aromatic heterocycles.